The molecule has 0 spiro atoms. The van der Waals surface area contributed by atoms with E-state index in [-0.39, 0.29) is 30.1 Å². The van der Waals surface area contributed by atoms with Gasteiger partial charge in [0.2, 0.25) is 5.91 Å². The predicted molar refractivity (Wildman–Crippen MR) is 148 cm³/mol. The van der Waals surface area contributed by atoms with Gasteiger partial charge in [0.05, 0.1) is 12.3 Å². The molecule has 1 atom stereocenters. The fourth-order valence-corrected chi connectivity index (χ4v) is 5.13. The van der Waals surface area contributed by atoms with Gasteiger partial charge in [0.15, 0.2) is 0 Å². The summed E-state index contributed by atoms with van der Waals surface area (Å²) in [6.45, 7) is 5.58. The number of fused-ring (bicyclic) bond motifs is 1. The lowest BCUT2D eigenvalue weighted by atomic mass is 9.99. The van der Waals surface area contributed by atoms with Crippen molar-refractivity contribution in [1.29, 1.82) is 0 Å². The Morgan fingerprint density at radius 1 is 1.18 bits per heavy atom. The third-order valence-corrected chi connectivity index (χ3v) is 7.39. The monoisotopic (exact) mass is 548 g/mol. The number of rotatable bonds is 10. The Hall–Kier alpha value is -4.03. The van der Waals surface area contributed by atoms with Crippen molar-refractivity contribution in [2.75, 3.05) is 38.0 Å². The SMILES string of the molecule is CC(=O)N1CCC(Nc2cc(C(=O)NC[C@H](O)CN3CCc4cc(OCc5cn[nH]c5)ccc4C3)ncn2)CC1. The lowest BCUT2D eigenvalue weighted by Crippen LogP contribution is -2.42. The van der Waals surface area contributed by atoms with Crippen LogP contribution in [0.3, 0.4) is 0 Å². The van der Waals surface area contributed by atoms with Crippen LogP contribution in [0.1, 0.15) is 46.9 Å². The Kier molecular flexibility index (Phi) is 8.87. The standard InChI is InChI=1S/C28H36N8O4/c1-19(37)36-8-5-23(6-9-36)34-27-11-26(30-18-31-27)28(39)29-14-24(38)16-35-7-4-21-10-25(3-2-22(21)15-35)40-17-20-12-32-33-13-20/h2-3,10-13,18,23-24,38H,4-9,14-17H2,1H3,(H,29,39)(H,32,33)(H,30,31,34)/t24-/m0/s1. The molecule has 0 saturated carbocycles. The molecule has 1 fully saturated rings. The highest BCUT2D eigenvalue weighted by molar-refractivity contribution is 5.92. The summed E-state index contributed by atoms with van der Waals surface area (Å²) in [5.74, 6) is 1.14. The predicted octanol–water partition coefficient (Wildman–Crippen LogP) is 1.35. The summed E-state index contributed by atoms with van der Waals surface area (Å²) in [5, 5.41) is 23.5. The van der Waals surface area contributed by atoms with E-state index in [1.54, 1.807) is 19.2 Å². The van der Waals surface area contributed by atoms with E-state index in [0.29, 0.717) is 32.1 Å². The second kappa shape index (κ2) is 12.9. The molecule has 40 heavy (non-hydrogen) atoms. The summed E-state index contributed by atoms with van der Waals surface area (Å²) in [5.41, 5.74) is 3.69. The van der Waals surface area contributed by atoms with Gasteiger partial charge >= 0.3 is 0 Å². The van der Waals surface area contributed by atoms with Crippen LogP contribution in [0, 0.1) is 0 Å². The number of piperidine rings is 1. The number of carbonyl (C=O) groups is 2. The average molecular weight is 549 g/mol. The number of likely N-dealkylation sites (tertiary alicyclic amines) is 1. The summed E-state index contributed by atoms with van der Waals surface area (Å²) in [7, 11) is 0. The molecule has 0 radical (unpaired) electrons. The number of aliphatic hydroxyl groups excluding tert-OH is 1. The van der Waals surface area contributed by atoms with Crippen molar-refractivity contribution in [2.24, 2.45) is 0 Å². The Labute approximate surface area is 233 Å². The van der Waals surface area contributed by atoms with Crippen LogP contribution in [0.4, 0.5) is 5.82 Å². The summed E-state index contributed by atoms with van der Waals surface area (Å²) >= 11 is 0. The van der Waals surface area contributed by atoms with Gasteiger partial charge in [-0.1, -0.05) is 6.07 Å². The number of hydrogen-bond donors (Lipinski definition) is 4. The fourth-order valence-electron chi connectivity index (χ4n) is 5.13. The molecule has 5 rings (SSSR count). The number of aromatic amines is 1. The first-order chi connectivity index (χ1) is 19.4. The zero-order valence-electron chi connectivity index (χ0n) is 22.7. The number of hydrogen-bond acceptors (Lipinski definition) is 9. The van der Waals surface area contributed by atoms with E-state index >= 15 is 0 Å². The molecule has 4 N–H and O–H groups in total. The van der Waals surface area contributed by atoms with E-state index in [0.717, 1.165) is 43.7 Å². The van der Waals surface area contributed by atoms with Gasteiger partial charge in [-0.15, -0.1) is 0 Å². The van der Waals surface area contributed by atoms with Gasteiger partial charge in [0.25, 0.3) is 5.91 Å². The second-order valence-corrected chi connectivity index (χ2v) is 10.4. The van der Waals surface area contributed by atoms with E-state index in [9.17, 15) is 14.7 Å². The number of nitrogens with zero attached hydrogens (tertiary/aromatic N) is 5. The van der Waals surface area contributed by atoms with Crippen LogP contribution in [-0.2, 0) is 24.4 Å². The van der Waals surface area contributed by atoms with E-state index < -0.39 is 6.10 Å². The van der Waals surface area contributed by atoms with Gasteiger partial charge in [-0.2, -0.15) is 5.10 Å². The third kappa shape index (κ3) is 7.33. The van der Waals surface area contributed by atoms with Gasteiger partial charge in [-0.05, 0) is 42.5 Å². The van der Waals surface area contributed by atoms with Crippen LogP contribution in [0.25, 0.3) is 0 Å². The highest BCUT2D eigenvalue weighted by atomic mass is 16.5. The van der Waals surface area contributed by atoms with Crippen LogP contribution >= 0.6 is 0 Å². The van der Waals surface area contributed by atoms with Crippen molar-refractivity contribution in [3.63, 3.8) is 0 Å². The van der Waals surface area contributed by atoms with Crippen molar-refractivity contribution >= 4 is 17.6 Å². The lowest BCUT2D eigenvalue weighted by Gasteiger charge is -2.31. The van der Waals surface area contributed by atoms with Gasteiger partial charge < -0.3 is 25.4 Å². The van der Waals surface area contributed by atoms with Crippen LogP contribution < -0.4 is 15.4 Å². The molecule has 3 aromatic rings. The number of amides is 2. The van der Waals surface area contributed by atoms with Crippen molar-refractivity contribution in [1.82, 2.24) is 35.3 Å². The zero-order chi connectivity index (χ0) is 27.9. The molecule has 2 amide bonds. The largest absolute Gasteiger partial charge is 0.489 e. The van der Waals surface area contributed by atoms with Gasteiger partial charge in [0, 0.05) is 70.1 Å². The second-order valence-electron chi connectivity index (χ2n) is 10.4. The van der Waals surface area contributed by atoms with Crippen molar-refractivity contribution in [2.45, 2.75) is 51.5 Å². The summed E-state index contributed by atoms with van der Waals surface area (Å²) in [6, 6.07) is 7.93. The molecule has 212 valence electrons. The minimum atomic E-state index is -0.714. The number of aliphatic hydroxyl groups is 1. The minimum Gasteiger partial charge on any atom is -0.489 e. The van der Waals surface area contributed by atoms with E-state index in [1.165, 1.54) is 17.5 Å². The molecule has 0 aliphatic carbocycles. The Morgan fingerprint density at radius 2 is 2.02 bits per heavy atom. The molecule has 12 nitrogen and oxygen atoms in total. The molecule has 2 aliphatic rings. The maximum absolute atomic E-state index is 12.7. The number of benzene rings is 1. The highest BCUT2D eigenvalue weighted by Gasteiger charge is 2.22. The quantitative estimate of drug-likeness (QED) is 0.295. The molecular formula is C28H36N8O4. The molecule has 2 aromatic heterocycles. The number of anilines is 1. The molecule has 0 unspecified atom stereocenters. The molecule has 2 aliphatic heterocycles. The van der Waals surface area contributed by atoms with Gasteiger partial charge in [-0.25, -0.2) is 9.97 Å². The first kappa shape index (κ1) is 27.5. The zero-order valence-corrected chi connectivity index (χ0v) is 22.7. The van der Waals surface area contributed by atoms with Crippen molar-refractivity contribution in [3.05, 3.63) is 65.4 Å². The number of aromatic nitrogens is 4. The summed E-state index contributed by atoms with van der Waals surface area (Å²) in [6.07, 6.45) is 6.71. The van der Waals surface area contributed by atoms with Crippen LogP contribution in [0.15, 0.2) is 43.0 Å². The normalized spacial score (nSPS) is 16.7. The number of carbonyl (C=O) groups excluding carboxylic acids is 2. The Bertz CT molecular complexity index is 1290. The van der Waals surface area contributed by atoms with Crippen LogP contribution in [-0.4, -0.2) is 91.8 Å². The number of β-amino-alcohol motifs (C(OH)–C–C–N with tert-alkyl or cyclic N) is 1. The maximum Gasteiger partial charge on any atom is 0.270 e. The Balaban J connectivity index is 1.05. The summed E-state index contributed by atoms with van der Waals surface area (Å²) < 4.78 is 5.88. The van der Waals surface area contributed by atoms with Crippen LogP contribution in [0.2, 0.25) is 0 Å². The van der Waals surface area contributed by atoms with Crippen molar-refractivity contribution < 1.29 is 19.4 Å². The molecular weight excluding hydrogens is 512 g/mol. The van der Waals surface area contributed by atoms with Crippen LogP contribution in [0.5, 0.6) is 5.75 Å². The molecule has 1 saturated heterocycles. The van der Waals surface area contributed by atoms with E-state index in [4.69, 9.17) is 4.74 Å². The molecule has 12 heteroatoms. The average Bonchev–Trinajstić information content (AvgIpc) is 3.49. The minimum absolute atomic E-state index is 0.0912. The number of nitrogens with one attached hydrogen (secondary N) is 3. The first-order valence-corrected chi connectivity index (χ1v) is 13.7. The topological polar surface area (TPSA) is 149 Å². The lowest BCUT2D eigenvalue weighted by molar-refractivity contribution is -0.129. The van der Waals surface area contributed by atoms with E-state index in [2.05, 4.69) is 47.8 Å². The highest BCUT2D eigenvalue weighted by Crippen LogP contribution is 2.24. The van der Waals surface area contributed by atoms with Crippen molar-refractivity contribution in [3.8, 4) is 5.75 Å². The fraction of sp³-hybridized carbons (Fsp3) is 0.464. The van der Waals surface area contributed by atoms with Gasteiger partial charge in [-0.3, -0.25) is 19.6 Å². The smallest absolute Gasteiger partial charge is 0.270 e. The Morgan fingerprint density at radius 3 is 2.80 bits per heavy atom. The first-order valence-electron chi connectivity index (χ1n) is 13.7. The maximum atomic E-state index is 12.7. The molecule has 4 heterocycles. The van der Waals surface area contributed by atoms with Gasteiger partial charge in [0.1, 0.15) is 30.2 Å². The molecule has 0 bridgehead atoms. The number of H-pyrrole nitrogens is 1. The number of ether oxygens (including phenoxy) is 1. The van der Waals surface area contributed by atoms with E-state index in [1.807, 2.05) is 17.2 Å². The molecule has 1 aromatic carbocycles. The summed E-state index contributed by atoms with van der Waals surface area (Å²) in [4.78, 5) is 36.6. The third-order valence-electron chi connectivity index (χ3n) is 7.39.